The minimum absolute atomic E-state index is 0.228. The summed E-state index contributed by atoms with van der Waals surface area (Å²) in [5, 5.41) is 0.607. The van der Waals surface area contributed by atoms with Crippen LogP contribution in [0.3, 0.4) is 0 Å². The third-order valence-electron chi connectivity index (χ3n) is 2.25. The van der Waals surface area contributed by atoms with E-state index in [1.54, 1.807) is 24.3 Å². The Balaban J connectivity index is 2.91. The molecule has 0 unspecified atom stereocenters. The lowest BCUT2D eigenvalue weighted by Gasteiger charge is -2.05. The lowest BCUT2D eigenvalue weighted by atomic mass is 10.1. The van der Waals surface area contributed by atoms with Gasteiger partial charge in [0.15, 0.2) is 0 Å². The van der Waals surface area contributed by atoms with Gasteiger partial charge in [0.05, 0.1) is 14.2 Å². The third-order valence-corrected chi connectivity index (χ3v) is 2.50. The molecule has 0 aliphatic heterocycles. The summed E-state index contributed by atoms with van der Waals surface area (Å²) in [6.45, 7) is 0. The Morgan fingerprint density at radius 1 is 1.17 bits per heavy atom. The van der Waals surface area contributed by atoms with E-state index in [4.69, 9.17) is 11.6 Å². The van der Waals surface area contributed by atoms with Crippen LogP contribution in [0.2, 0.25) is 5.02 Å². The predicted octanol–water partition coefficient (Wildman–Crippen LogP) is 2.15. The summed E-state index contributed by atoms with van der Waals surface area (Å²) >= 11 is 5.76. The zero-order valence-electron chi connectivity index (χ0n) is 10.1. The minimum atomic E-state index is -0.593. The van der Waals surface area contributed by atoms with Crippen LogP contribution in [0, 0.1) is 0 Å². The molecule has 1 rings (SSSR count). The fourth-order valence-electron chi connectivity index (χ4n) is 1.34. The monoisotopic (exact) mass is 268 g/mol. The fraction of sp³-hybridized carbons (Fsp3) is 0.231. The normalized spacial score (nSPS) is 10.9. The van der Waals surface area contributed by atoms with E-state index in [2.05, 4.69) is 9.47 Å². The molecule has 0 saturated heterocycles. The van der Waals surface area contributed by atoms with E-state index in [0.29, 0.717) is 5.02 Å². The molecule has 0 radical (unpaired) electrons. The van der Waals surface area contributed by atoms with Crippen LogP contribution in [-0.2, 0) is 25.5 Å². The van der Waals surface area contributed by atoms with E-state index in [-0.39, 0.29) is 12.0 Å². The number of hydrogen-bond acceptors (Lipinski definition) is 4. The van der Waals surface area contributed by atoms with Gasteiger partial charge >= 0.3 is 11.9 Å². The first kappa shape index (κ1) is 14.3. The summed E-state index contributed by atoms with van der Waals surface area (Å²) in [5.74, 6) is -1.15. The molecule has 0 spiro atoms. The van der Waals surface area contributed by atoms with Crippen LogP contribution in [0.5, 0.6) is 0 Å². The van der Waals surface area contributed by atoms with Gasteiger partial charge in [0, 0.05) is 23.1 Å². The summed E-state index contributed by atoms with van der Waals surface area (Å²) in [6, 6.07) is 6.97. The van der Waals surface area contributed by atoms with Crippen LogP contribution in [0.25, 0.3) is 0 Å². The molecule has 96 valence electrons. The fourth-order valence-corrected chi connectivity index (χ4v) is 1.46. The van der Waals surface area contributed by atoms with E-state index in [1.807, 2.05) is 0 Å². The first-order chi connectivity index (χ1) is 8.56. The maximum Gasteiger partial charge on any atom is 0.334 e. The number of methoxy groups -OCH3 is 2. The van der Waals surface area contributed by atoms with Gasteiger partial charge in [-0.3, -0.25) is 0 Å². The molecule has 0 N–H and O–H groups in total. The van der Waals surface area contributed by atoms with E-state index >= 15 is 0 Å². The Morgan fingerprint density at radius 2 is 1.78 bits per heavy atom. The molecule has 0 aliphatic rings. The van der Waals surface area contributed by atoms with Crippen molar-refractivity contribution in [1.82, 2.24) is 0 Å². The molecule has 0 heterocycles. The Kier molecular flexibility index (Phi) is 5.39. The van der Waals surface area contributed by atoms with Crippen LogP contribution >= 0.6 is 11.6 Å². The number of esters is 2. The second kappa shape index (κ2) is 6.81. The number of rotatable bonds is 4. The van der Waals surface area contributed by atoms with Crippen LogP contribution in [0.1, 0.15) is 5.56 Å². The Hall–Kier alpha value is -1.81. The molecule has 1 aromatic carbocycles. The van der Waals surface area contributed by atoms with Crippen molar-refractivity contribution in [3.8, 4) is 0 Å². The highest BCUT2D eigenvalue weighted by Gasteiger charge is 2.13. The van der Waals surface area contributed by atoms with Crippen molar-refractivity contribution in [2.24, 2.45) is 0 Å². The van der Waals surface area contributed by atoms with Crippen molar-refractivity contribution in [3.63, 3.8) is 0 Å². The quantitative estimate of drug-likeness (QED) is 0.620. The van der Waals surface area contributed by atoms with Crippen molar-refractivity contribution < 1.29 is 19.1 Å². The number of carbonyl (C=O) groups excluding carboxylic acids is 2. The van der Waals surface area contributed by atoms with E-state index < -0.39 is 11.9 Å². The first-order valence-corrected chi connectivity index (χ1v) is 5.56. The number of hydrogen-bond donors (Lipinski definition) is 0. The summed E-state index contributed by atoms with van der Waals surface area (Å²) in [6.07, 6.45) is 1.40. The maximum absolute atomic E-state index is 11.5. The molecule has 0 aromatic heterocycles. The van der Waals surface area contributed by atoms with Gasteiger partial charge in [-0.05, 0) is 17.7 Å². The Labute approximate surface area is 110 Å². The molecule has 0 atom stereocenters. The van der Waals surface area contributed by atoms with Gasteiger partial charge in [-0.25, -0.2) is 9.59 Å². The zero-order chi connectivity index (χ0) is 13.5. The van der Waals surface area contributed by atoms with Gasteiger partial charge in [0.1, 0.15) is 0 Å². The number of carbonyl (C=O) groups is 2. The topological polar surface area (TPSA) is 52.6 Å². The SMILES string of the molecule is COC(=O)/C=C(\Cc1ccc(Cl)cc1)C(=O)OC. The smallest absolute Gasteiger partial charge is 0.334 e. The van der Waals surface area contributed by atoms with Gasteiger partial charge in [-0.1, -0.05) is 23.7 Å². The van der Waals surface area contributed by atoms with Gasteiger partial charge in [-0.2, -0.15) is 0 Å². The lowest BCUT2D eigenvalue weighted by Crippen LogP contribution is -2.10. The Morgan fingerprint density at radius 3 is 2.28 bits per heavy atom. The molecule has 1 aromatic rings. The molecule has 4 nitrogen and oxygen atoms in total. The summed E-state index contributed by atoms with van der Waals surface area (Å²) in [4.78, 5) is 22.7. The first-order valence-electron chi connectivity index (χ1n) is 5.18. The predicted molar refractivity (Wildman–Crippen MR) is 67.3 cm³/mol. The lowest BCUT2D eigenvalue weighted by molar-refractivity contribution is -0.138. The van der Waals surface area contributed by atoms with Crippen LogP contribution < -0.4 is 0 Å². The van der Waals surface area contributed by atoms with Crippen molar-refractivity contribution >= 4 is 23.5 Å². The Bertz CT molecular complexity index is 462. The molecule has 0 aliphatic carbocycles. The van der Waals surface area contributed by atoms with Gasteiger partial charge in [0.25, 0.3) is 0 Å². The second-order valence-corrected chi connectivity index (χ2v) is 3.92. The van der Waals surface area contributed by atoms with Crippen molar-refractivity contribution in [3.05, 3.63) is 46.5 Å². The highest BCUT2D eigenvalue weighted by Crippen LogP contribution is 2.14. The highest BCUT2D eigenvalue weighted by atomic mass is 35.5. The average Bonchev–Trinajstić information content (AvgIpc) is 2.39. The van der Waals surface area contributed by atoms with Crippen LogP contribution in [-0.4, -0.2) is 26.2 Å². The third kappa shape index (κ3) is 4.22. The number of benzene rings is 1. The number of halogens is 1. The van der Waals surface area contributed by atoms with Crippen molar-refractivity contribution in [2.45, 2.75) is 6.42 Å². The number of ether oxygens (including phenoxy) is 2. The van der Waals surface area contributed by atoms with Crippen LogP contribution in [0.4, 0.5) is 0 Å². The summed E-state index contributed by atoms with van der Waals surface area (Å²) < 4.78 is 9.10. The molecule has 0 saturated carbocycles. The largest absolute Gasteiger partial charge is 0.466 e. The zero-order valence-corrected chi connectivity index (χ0v) is 10.9. The summed E-state index contributed by atoms with van der Waals surface area (Å²) in [5.41, 5.74) is 1.08. The average molecular weight is 269 g/mol. The molecular formula is C13H13ClO4. The van der Waals surface area contributed by atoms with Crippen molar-refractivity contribution in [1.29, 1.82) is 0 Å². The van der Waals surface area contributed by atoms with E-state index in [9.17, 15) is 9.59 Å². The second-order valence-electron chi connectivity index (χ2n) is 3.49. The maximum atomic E-state index is 11.5. The van der Waals surface area contributed by atoms with Crippen LogP contribution in [0.15, 0.2) is 35.9 Å². The molecule has 0 bridgehead atoms. The molecular weight excluding hydrogens is 256 g/mol. The van der Waals surface area contributed by atoms with Crippen molar-refractivity contribution in [2.75, 3.05) is 14.2 Å². The highest BCUT2D eigenvalue weighted by molar-refractivity contribution is 6.30. The van der Waals surface area contributed by atoms with Gasteiger partial charge in [-0.15, -0.1) is 0 Å². The van der Waals surface area contributed by atoms with E-state index in [0.717, 1.165) is 11.6 Å². The van der Waals surface area contributed by atoms with Gasteiger partial charge < -0.3 is 9.47 Å². The van der Waals surface area contributed by atoms with Gasteiger partial charge in [0.2, 0.25) is 0 Å². The summed E-state index contributed by atoms with van der Waals surface area (Å²) in [7, 11) is 2.51. The minimum Gasteiger partial charge on any atom is -0.466 e. The molecule has 0 fully saturated rings. The standard InChI is InChI=1S/C13H13ClO4/c1-17-12(15)8-10(13(16)18-2)7-9-3-5-11(14)6-4-9/h3-6,8H,7H2,1-2H3/b10-8+. The van der Waals surface area contributed by atoms with E-state index in [1.165, 1.54) is 14.2 Å². The molecule has 5 heteroatoms. The molecule has 18 heavy (non-hydrogen) atoms. The molecule has 0 amide bonds.